The molecule has 0 saturated heterocycles. The van der Waals surface area contributed by atoms with Gasteiger partial charge in [-0.25, -0.2) is 4.68 Å². The predicted octanol–water partition coefficient (Wildman–Crippen LogP) is 4.49. The molecule has 26 heavy (non-hydrogen) atoms. The maximum Gasteiger partial charge on any atom is 0.206 e. The Kier molecular flexibility index (Phi) is 6.28. The number of thiazole rings is 1. The number of aromatic nitrogens is 1. The Hall–Kier alpha value is -2.34. The quantitative estimate of drug-likeness (QED) is 0.703. The monoisotopic (exact) mass is 371 g/mol. The summed E-state index contributed by atoms with van der Waals surface area (Å²) >= 11 is 1.58. The zero-order valence-electron chi connectivity index (χ0n) is 15.4. The Bertz CT molecular complexity index is 856. The summed E-state index contributed by atoms with van der Waals surface area (Å²) in [4.78, 5) is 5.48. The Morgan fingerprint density at radius 1 is 1.19 bits per heavy atom. The number of ether oxygens (including phenoxy) is 2. The van der Waals surface area contributed by atoms with Gasteiger partial charge >= 0.3 is 0 Å². The van der Waals surface area contributed by atoms with Gasteiger partial charge in [-0.1, -0.05) is 12.5 Å². The topological polar surface area (TPSA) is 48.1 Å². The van der Waals surface area contributed by atoms with Crippen molar-refractivity contribution in [2.45, 2.75) is 32.1 Å². The molecule has 0 radical (unpaired) electrons. The fourth-order valence-corrected chi connectivity index (χ4v) is 3.88. The highest BCUT2D eigenvalue weighted by atomic mass is 32.1. The first kappa shape index (κ1) is 18.5. The lowest BCUT2D eigenvalue weighted by atomic mass is 9.99. The molecule has 1 aliphatic rings. The third-order valence-electron chi connectivity index (χ3n) is 4.40. The first-order valence-corrected chi connectivity index (χ1v) is 9.76. The summed E-state index contributed by atoms with van der Waals surface area (Å²) in [5.41, 5.74) is 3.15. The van der Waals surface area contributed by atoms with E-state index in [4.69, 9.17) is 14.6 Å². The maximum absolute atomic E-state index is 5.58. The van der Waals surface area contributed by atoms with Crippen molar-refractivity contribution in [3.63, 3.8) is 0 Å². The van der Waals surface area contributed by atoms with Gasteiger partial charge in [0.1, 0.15) is 11.5 Å². The Balaban J connectivity index is 2.16. The van der Waals surface area contributed by atoms with Crippen LogP contribution in [0.15, 0.2) is 46.3 Å². The molecular weight excluding hydrogens is 346 g/mol. The van der Waals surface area contributed by atoms with Gasteiger partial charge in [0.25, 0.3) is 0 Å². The minimum atomic E-state index is 0.569. The SMILES string of the molecule is C=CCN=c1scc(-c2cc(OC)ccc2OC)n1N=C1CCCCC1. The summed E-state index contributed by atoms with van der Waals surface area (Å²) in [5, 5.41) is 7.03. The highest BCUT2D eigenvalue weighted by Crippen LogP contribution is 2.34. The van der Waals surface area contributed by atoms with Gasteiger partial charge in [-0.3, -0.25) is 4.99 Å². The van der Waals surface area contributed by atoms with E-state index >= 15 is 0 Å². The minimum absolute atomic E-state index is 0.569. The van der Waals surface area contributed by atoms with E-state index in [0.717, 1.165) is 40.4 Å². The number of hydrogen-bond donors (Lipinski definition) is 0. The van der Waals surface area contributed by atoms with E-state index in [-0.39, 0.29) is 0 Å². The lowest BCUT2D eigenvalue weighted by molar-refractivity contribution is 0.404. The first-order valence-electron chi connectivity index (χ1n) is 8.88. The third-order valence-corrected chi connectivity index (χ3v) is 5.25. The molecule has 0 bridgehead atoms. The van der Waals surface area contributed by atoms with Gasteiger partial charge in [0.2, 0.25) is 4.80 Å². The molecule has 0 atom stereocenters. The van der Waals surface area contributed by atoms with Crippen molar-refractivity contribution < 1.29 is 9.47 Å². The lowest BCUT2D eigenvalue weighted by Crippen LogP contribution is -2.16. The second kappa shape index (κ2) is 8.85. The van der Waals surface area contributed by atoms with Crippen molar-refractivity contribution in [1.82, 2.24) is 4.68 Å². The molecular formula is C20H25N3O2S. The number of nitrogens with zero attached hydrogens (tertiary/aromatic N) is 3. The van der Waals surface area contributed by atoms with Crippen molar-refractivity contribution in [1.29, 1.82) is 0 Å². The summed E-state index contributed by atoms with van der Waals surface area (Å²) in [6, 6.07) is 5.80. The fourth-order valence-electron chi connectivity index (χ4n) is 3.05. The molecule has 1 heterocycles. The summed E-state index contributed by atoms with van der Waals surface area (Å²) in [5.74, 6) is 1.57. The van der Waals surface area contributed by atoms with Gasteiger partial charge < -0.3 is 9.47 Å². The predicted molar refractivity (Wildman–Crippen MR) is 107 cm³/mol. The van der Waals surface area contributed by atoms with Crippen molar-refractivity contribution in [3.05, 3.63) is 41.0 Å². The van der Waals surface area contributed by atoms with Crippen LogP contribution in [0, 0.1) is 0 Å². The summed E-state index contributed by atoms with van der Waals surface area (Å²) in [6.07, 6.45) is 7.61. The standard InChI is InChI=1S/C20H25N3O2S/c1-4-12-21-20-23(22-15-8-6-5-7-9-15)18(14-26-20)17-13-16(24-2)10-11-19(17)25-3/h4,10-11,13-14H,1,5-9,12H2,2-3H3. The summed E-state index contributed by atoms with van der Waals surface area (Å²) in [6.45, 7) is 4.33. The second-order valence-corrected chi connectivity index (χ2v) is 6.97. The number of methoxy groups -OCH3 is 2. The summed E-state index contributed by atoms with van der Waals surface area (Å²) in [7, 11) is 3.35. The van der Waals surface area contributed by atoms with Crippen molar-refractivity contribution in [3.8, 4) is 22.8 Å². The van der Waals surface area contributed by atoms with E-state index in [2.05, 4.69) is 17.0 Å². The van der Waals surface area contributed by atoms with E-state index in [0.29, 0.717) is 6.54 Å². The zero-order chi connectivity index (χ0) is 18.4. The zero-order valence-corrected chi connectivity index (χ0v) is 16.2. The molecule has 1 aromatic heterocycles. The molecule has 138 valence electrons. The highest BCUT2D eigenvalue weighted by Gasteiger charge is 2.15. The number of hydrogen-bond acceptors (Lipinski definition) is 5. The molecule has 0 N–H and O–H groups in total. The van der Waals surface area contributed by atoms with E-state index < -0.39 is 0 Å². The van der Waals surface area contributed by atoms with Crippen LogP contribution in [0.4, 0.5) is 0 Å². The van der Waals surface area contributed by atoms with Gasteiger partial charge in [-0.2, -0.15) is 5.10 Å². The summed E-state index contributed by atoms with van der Waals surface area (Å²) < 4.78 is 12.9. The van der Waals surface area contributed by atoms with Crippen LogP contribution >= 0.6 is 11.3 Å². The van der Waals surface area contributed by atoms with Crippen LogP contribution in [0.2, 0.25) is 0 Å². The molecule has 3 rings (SSSR count). The average molecular weight is 372 g/mol. The molecule has 1 aliphatic carbocycles. The van der Waals surface area contributed by atoms with Crippen LogP contribution in [-0.4, -0.2) is 31.2 Å². The van der Waals surface area contributed by atoms with Crippen molar-refractivity contribution in [2.24, 2.45) is 10.1 Å². The Labute approximate surface area is 158 Å². The average Bonchev–Trinajstić information content (AvgIpc) is 3.08. The van der Waals surface area contributed by atoms with E-state index in [9.17, 15) is 0 Å². The van der Waals surface area contributed by atoms with Crippen LogP contribution in [-0.2, 0) is 0 Å². The van der Waals surface area contributed by atoms with Crippen LogP contribution in [0.25, 0.3) is 11.3 Å². The lowest BCUT2D eigenvalue weighted by Gasteiger charge is -2.14. The van der Waals surface area contributed by atoms with Crippen LogP contribution < -0.4 is 14.3 Å². The van der Waals surface area contributed by atoms with Gasteiger partial charge in [-0.05, 0) is 43.9 Å². The molecule has 5 nitrogen and oxygen atoms in total. The van der Waals surface area contributed by atoms with Crippen LogP contribution in [0.3, 0.4) is 0 Å². The Morgan fingerprint density at radius 2 is 2.00 bits per heavy atom. The normalized spacial score (nSPS) is 15.0. The second-order valence-electron chi connectivity index (χ2n) is 6.14. The van der Waals surface area contributed by atoms with E-state index in [1.807, 2.05) is 22.9 Å². The molecule has 1 fully saturated rings. The van der Waals surface area contributed by atoms with Crippen LogP contribution in [0.5, 0.6) is 11.5 Å². The van der Waals surface area contributed by atoms with Gasteiger partial charge in [0.05, 0.1) is 26.5 Å². The maximum atomic E-state index is 5.58. The largest absolute Gasteiger partial charge is 0.497 e. The molecule has 6 heteroatoms. The van der Waals surface area contributed by atoms with Gasteiger partial charge in [0, 0.05) is 16.7 Å². The number of rotatable bonds is 6. The van der Waals surface area contributed by atoms with Crippen molar-refractivity contribution in [2.75, 3.05) is 20.8 Å². The molecule has 0 spiro atoms. The molecule has 0 amide bonds. The van der Waals surface area contributed by atoms with Crippen LogP contribution in [0.1, 0.15) is 32.1 Å². The molecule has 2 aromatic rings. The van der Waals surface area contributed by atoms with Gasteiger partial charge in [0.15, 0.2) is 0 Å². The van der Waals surface area contributed by atoms with E-state index in [1.54, 1.807) is 31.6 Å². The first-order chi connectivity index (χ1) is 12.8. The van der Waals surface area contributed by atoms with Gasteiger partial charge in [-0.15, -0.1) is 17.9 Å². The Morgan fingerprint density at radius 3 is 2.69 bits per heavy atom. The molecule has 0 aliphatic heterocycles. The fraction of sp³-hybridized carbons (Fsp3) is 0.400. The third kappa shape index (κ3) is 4.07. The molecule has 1 saturated carbocycles. The van der Waals surface area contributed by atoms with Crippen molar-refractivity contribution >= 4 is 17.0 Å². The van der Waals surface area contributed by atoms with E-state index in [1.165, 1.54) is 25.0 Å². The highest BCUT2D eigenvalue weighted by molar-refractivity contribution is 7.07. The number of benzene rings is 1. The smallest absolute Gasteiger partial charge is 0.206 e. The molecule has 0 unspecified atom stereocenters. The minimum Gasteiger partial charge on any atom is -0.497 e. The molecule has 1 aromatic carbocycles.